The Labute approximate surface area is 101 Å². The fourth-order valence-corrected chi connectivity index (χ4v) is 1.90. The van der Waals surface area contributed by atoms with E-state index in [0.29, 0.717) is 18.4 Å². The van der Waals surface area contributed by atoms with Gasteiger partial charge in [-0.2, -0.15) is 0 Å². The first-order valence-electron chi connectivity index (χ1n) is 5.64. The van der Waals surface area contributed by atoms with Crippen molar-refractivity contribution in [2.24, 2.45) is 0 Å². The molecular weight excluding hydrogens is 226 g/mol. The van der Waals surface area contributed by atoms with E-state index < -0.39 is 0 Å². The summed E-state index contributed by atoms with van der Waals surface area (Å²) in [5.41, 5.74) is 1.02. The largest absolute Gasteiger partial charge is 0.475 e. The molecule has 1 aromatic heterocycles. The van der Waals surface area contributed by atoms with Gasteiger partial charge in [0.25, 0.3) is 0 Å². The lowest BCUT2D eigenvalue weighted by Crippen LogP contribution is -2.25. The summed E-state index contributed by atoms with van der Waals surface area (Å²) < 4.78 is 11.2. The molecule has 0 aromatic carbocycles. The molecule has 4 heteroatoms. The zero-order valence-electron chi connectivity index (χ0n) is 9.19. The molecule has 1 aliphatic rings. The van der Waals surface area contributed by atoms with Crippen LogP contribution in [0.5, 0.6) is 5.88 Å². The highest BCUT2D eigenvalue weighted by Crippen LogP contribution is 2.15. The summed E-state index contributed by atoms with van der Waals surface area (Å²) in [6.45, 7) is 1.43. The molecule has 2 rings (SSSR count). The molecule has 1 aromatic rings. The Morgan fingerprint density at radius 3 is 3.19 bits per heavy atom. The third-order valence-corrected chi connectivity index (χ3v) is 2.95. The van der Waals surface area contributed by atoms with Crippen LogP contribution in [0.4, 0.5) is 0 Å². The highest BCUT2D eigenvalue weighted by molar-refractivity contribution is 6.17. The average Bonchev–Trinajstić information content (AvgIpc) is 2.38. The second kappa shape index (κ2) is 6.06. The van der Waals surface area contributed by atoms with Crippen molar-refractivity contribution < 1.29 is 9.47 Å². The summed E-state index contributed by atoms with van der Waals surface area (Å²) in [4.78, 5) is 4.14. The van der Waals surface area contributed by atoms with E-state index in [0.717, 1.165) is 25.0 Å². The van der Waals surface area contributed by atoms with Crippen molar-refractivity contribution in [3.8, 4) is 5.88 Å². The van der Waals surface area contributed by atoms with Crippen LogP contribution in [0, 0.1) is 0 Å². The van der Waals surface area contributed by atoms with Gasteiger partial charge in [0.2, 0.25) is 5.88 Å². The van der Waals surface area contributed by atoms with Crippen LogP contribution in [-0.4, -0.2) is 24.3 Å². The highest BCUT2D eigenvalue weighted by atomic mass is 35.5. The molecule has 0 saturated carbocycles. The Hall–Kier alpha value is -0.800. The second-order valence-electron chi connectivity index (χ2n) is 3.94. The first-order chi connectivity index (χ1) is 7.88. The number of rotatable bonds is 4. The van der Waals surface area contributed by atoms with Gasteiger partial charge < -0.3 is 9.47 Å². The van der Waals surface area contributed by atoms with Crippen molar-refractivity contribution in [3.05, 3.63) is 23.9 Å². The number of hydrogen-bond acceptors (Lipinski definition) is 3. The monoisotopic (exact) mass is 241 g/mol. The third-order valence-electron chi connectivity index (χ3n) is 2.64. The summed E-state index contributed by atoms with van der Waals surface area (Å²) in [5.74, 6) is 1.12. The Balaban J connectivity index is 1.83. The van der Waals surface area contributed by atoms with Crippen LogP contribution < -0.4 is 4.74 Å². The number of pyridine rings is 1. The van der Waals surface area contributed by atoms with Crippen LogP contribution in [0.3, 0.4) is 0 Å². The van der Waals surface area contributed by atoms with Gasteiger partial charge in [-0.25, -0.2) is 4.98 Å². The summed E-state index contributed by atoms with van der Waals surface area (Å²) in [6, 6.07) is 3.76. The van der Waals surface area contributed by atoms with Crippen LogP contribution >= 0.6 is 11.6 Å². The van der Waals surface area contributed by atoms with E-state index in [1.807, 2.05) is 12.1 Å². The number of halogens is 1. The van der Waals surface area contributed by atoms with Crippen LogP contribution in [-0.2, 0) is 10.6 Å². The van der Waals surface area contributed by atoms with Gasteiger partial charge in [-0.05, 0) is 30.9 Å². The third kappa shape index (κ3) is 3.35. The molecule has 88 valence electrons. The molecule has 1 unspecified atom stereocenters. The quantitative estimate of drug-likeness (QED) is 0.760. The second-order valence-corrected chi connectivity index (χ2v) is 4.20. The average molecular weight is 242 g/mol. The minimum atomic E-state index is 0.218. The van der Waals surface area contributed by atoms with E-state index in [4.69, 9.17) is 21.1 Å². The predicted molar refractivity (Wildman–Crippen MR) is 62.9 cm³/mol. The predicted octanol–water partition coefficient (Wildman–Crippen LogP) is 2.77. The summed E-state index contributed by atoms with van der Waals surface area (Å²) in [5, 5.41) is 0. The minimum Gasteiger partial charge on any atom is -0.475 e. The van der Waals surface area contributed by atoms with Gasteiger partial charge in [-0.3, -0.25) is 0 Å². The summed E-state index contributed by atoms with van der Waals surface area (Å²) >= 11 is 5.74. The Kier molecular flexibility index (Phi) is 4.43. The zero-order chi connectivity index (χ0) is 11.2. The van der Waals surface area contributed by atoms with Crippen molar-refractivity contribution in [1.82, 2.24) is 4.98 Å². The molecule has 0 bridgehead atoms. The normalized spacial score (nSPS) is 20.7. The molecule has 1 aliphatic heterocycles. The SMILES string of the molecule is ClCc1ccnc(OCC2CCCCO2)c1. The van der Waals surface area contributed by atoms with E-state index in [1.165, 1.54) is 6.42 Å². The smallest absolute Gasteiger partial charge is 0.213 e. The molecule has 2 heterocycles. The van der Waals surface area contributed by atoms with Gasteiger partial charge in [0.1, 0.15) is 6.61 Å². The Bertz CT molecular complexity index is 327. The lowest BCUT2D eigenvalue weighted by molar-refractivity contribution is -0.0119. The van der Waals surface area contributed by atoms with Gasteiger partial charge in [0.15, 0.2) is 0 Å². The van der Waals surface area contributed by atoms with Crippen molar-refractivity contribution in [1.29, 1.82) is 0 Å². The van der Waals surface area contributed by atoms with Gasteiger partial charge in [-0.15, -0.1) is 11.6 Å². The van der Waals surface area contributed by atoms with Gasteiger partial charge >= 0.3 is 0 Å². The summed E-state index contributed by atoms with van der Waals surface area (Å²) in [7, 11) is 0. The zero-order valence-corrected chi connectivity index (χ0v) is 9.95. The molecular formula is C12H16ClNO2. The fourth-order valence-electron chi connectivity index (χ4n) is 1.73. The summed E-state index contributed by atoms with van der Waals surface area (Å²) in [6.07, 6.45) is 5.40. The van der Waals surface area contributed by atoms with E-state index in [2.05, 4.69) is 4.98 Å². The Morgan fingerprint density at radius 1 is 1.50 bits per heavy atom. The number of aromatic nitrogens is 1. The van der Waals surface area contributed by atoms with E-state index in [9.17, 15) is 0 Å². The molecule has 1 saturated heterocycles. The lowest BCUT2D eigenvalue weighted by Gasteiger charge is -2.22. The van der Waals surface area contributed by atoms with Gasteiger partial charge in [-0.1, -0.05) is 0 Å². The minimum absolute atomic E-state index is 0.218. The van der Waals surface area contributed by atoms with Crippen LogP contribution in [0.25, 0.3) is 0 Å². The molecule has 0 spiro atoms. The Morgan fingerprint density at radius 2 is 2.44 bits per heavy atom. The first kappa shape index (κ1) is 11.7. The maximum absolute atomic E-state index is 5.74. The van der Waals surface area contributed by atoms with Crippen molar-refractivity contribution >= 4 is 11.6 Å². The number of alkyl halides is 1. The van der Waals surface area contributed by atoms with E-state index in [1.54, 1.807) is 6.20 Å². The molecule has 1 fully saturated rings. The molecule has 0 radical (unpaired) electrons. The van der Waals surface area contributed by atoms with Crippen LogP contribution in [0.15, 0.2) is 18.3 Å². The standard InChI is InChI=1S/C12H16ClNO2/c13-8-10-4-5-14-12(7-10)16-9-11-3-1-2-6-15-11/h4-5,7,11H,1-3,6,8-9H2. The lowest BCUT2D eigenvalue weighted by atomic mass is 10.1. The van der Waals surface area contributed by atoms with Crippen molar-refractivity contribution in [2.45, 2.75) is 31.2 Å². The molecule has 0 N–H and O–H groups in total. The van der Waals surface area contributed by atoms with Crippen molar-refractivity contribution in [3.63, 3.8) is 0 Å². The topological polar surface area (TPSA) is 31.4 Å². The van der Waals surface area contributed by atoms with E-state index in [-0.39, 0.29) is 6.10 Å². The molecule has 1 atom stereocenters. The number of ether oxygens (including phenoxy) is 2. The van der Waals surface area contributed by atoms with Crippen LogP contribution in [0.2, 0.25) is 0 Å². The molecule has 0 aliphatic carbocycles. The van der Waals surface area contributed by atoms with Gasteiger partial charge in [0.05, 0.1) is 6.10 Å². The number of hydrogen-bond donors (Lipinski definition) is 0. The van der Waals surface area contributed by atoms with Gasteiger partial charge in [0, 0.05) is 24.8 Å². The van der Waals surface area contributed by atoms with Crippen LogP contribution in [0.1, 0.15) is 24.8 Å². The molecule has 3 nitrogen and oxygen atoms in total. The molecule has 16 heavy (non-hydrogen) atoms. The maximum atomic E-state index is 5.74. The number of nitrogens with zero attached hydrogens (tertiary/aromatic N) is 1. The maximum Gasteiger partial charge on any atom is 0.213 e. The van der Waals surface area contributed by atoms with Crippen molar-refractivity contribution in [2.75, 3.05) is 13.2 Å². The molecule has 0 amide bonds. The first-order valence-corrected chi connectivity index (χ1v) is 6.17. The fraction of sp³-hybridized carbons (Fsp3) is 0.583. The highest BCUT2D eigenvalue weighted by Gasteiger charge is 2.14. The van der Waals surface area contributed by atoms with E-state index >= 15 is 0 Å².